The van der Waals surface area contributed by atoms with Crippen LogP contribution in [0.15, 0.2) is 18.3 Å². The first-order chi connectivity index (χ1) is 14.3. The van der Waals surface area contributed by atoms with Gasteiger partial charge in [-0.15, -0.1) is 0 Å². The maximum atomic E-state index is 12.4. The van der Waals surface area contributed by atoms with Crippen molar-refractivity contribution in [3.05, 3.63) is 23.9 Å². The predicted molar refractivity (Wildman–Crippen MR) is 103 cm³/mol. The molecule has 1 aromatic heterocycles. The number of alkyl halides is 3. The zero-order chi connectivity index (χ0) is 21.6. The Bertz CT molecular complexity index is 730. The van der Waals surface area contributed by atoms with Crippen LogP contribution in [-0.2, 0) is 11.3 Å². The average Bonchev–Trinajstić information content (AvgIpc) is 2.72. The Kier molecular flexibility index (Phi) is 7.38. The van der Waals surface area contributed by atoms with Crippen LogP contribution < -0.4 is 10.1 Å². The molecule has 0 atom stereocenters. The first-order valence-corrected chi connectivity index (χ1v) is 10.3. The zero-order valence-electron chi connectivity index (χ0n) is 16.8. The monoisotopic (exact) mass is 428 g/mol. The number of aromatic nitrogens is 1. The van der Waals surface area contributed by atoms with Gasteiger partial charge in [0.25, 0.3) is 0 Å². The van der Waals surface area contributed by atoms with Crippen LogP contribution in [0, 0.1) is 0 Å². The van der Waals surface area contributed by atoms with Gasteiger partial charge in [0.2, 0.25) is 11.8 Å². The number of nitrogens with one attached hydrogen (secondary N) is 1. The molecule has 7 nitrogen and oxygen atoms in total. The summed E-state index contributed by atoms with van der Waals surface area (Å²) in [5.74, 6) is -0.407. The van der Waals surface area contributed by atoms with Gasteiger partial charge in [0.15, 0.2) is 0 Å². The first-order valence-electron chi connectivity index (χ1n) is 10.3. The zero-order valence-corrected chi connectivity index (χ0v) is 16.8. The summed E-state index contributed by atoms with van der Waals surface area (Å²) < 4.78 is 43.0. The summed E-state index contributed by atoms with van der Waals surface area (Å²) in [4.78, 5) is 30.9. The van der Waals surface area contributed by atoms with Crippen LogP contribution in [0.2, 0.25) is 0 Å². The van der Waals surface area contributed by atoms with E-state index in [1.165, 1.54) is 11.3 Å². The second-order valence-corrected chi connectivity index (χ2v) is 7.70. The Labute approximate surface area is 173 Å². The highest BCUT2D eigenvalue weighted by molar-refractivity contribution is 5.78. The molecule has 2 aliphatic rings. The first kappa shape index (κ1) is 22.2. The molecule has 1 aliphatic heterocycles. The van der Waals surface area contributed by atoms with Gasteiger partial charge in [0, 0.05) is 45.0 Å². The molecule has 30 heavy (non-hydrogen) atoms. The minimum Gasteiger partial charge on any atom is -0.474 e. The molecule has 0 aromatic carbocycles. The summed E-state index contributed by atoms with van der Waals surface area (Å²) >= 11 is 0. The van der Waals surface area contributed by atoms with Crippen molar-refractivity contribution < 1.29 is 27.5 Å². The lowest BCUT2D eigenvalue weighted by molar-refractivity contribution is -0.162. The highest BCUT2D eigenvalue weighted by atomic mass is 19.4. The Morgan fingerprint density at radius 2 is 1.77 bits per heavy atom. The number of amides is 3. The van der Waals surface area contributed by atoms with E-state index < -0.39 is 18.5 Å². The number of ether oxygens (including phenoxy) is 1. The number of piperazine rings is 1. The standard InChI is InChI=1S/C20H27F3N4O3/c21-20(22,23)13-18(28)26-8-10-27(11-9-26)19(29)25-14-15-6-7-24-17(12-15)30-16-4-2-1-3-5-16/h6-7,12,16H,1-5,8-11,13-14H2,(H,25,29). The smallest absolute Gasteiger partial charge is 0.397 e. The lowest BCUT2D eigenvalue weighted by Crippen LogP contribution is -2.53. The van der Waals surface area contributed by atoms with Crippen molar-refractivity contribution in [3.63, 3.8) is 0 Å². The average molecular weight is 428 g/mol. The van der Waals surface area contributed by atoms with Crippen molar-refractivity contribution in [2.24, 2.45) is 0 Å². The summed E-state index contributed by atoms with van der Waals surface area (Å²) in [6.07, 6.45) is 1.47. The molecule has 1 saturated heterocycles. The number of hydrogen-bond acceptors (Lipinski definition) is 4. The van der Waals surface area contributed by atoms with Gasteiger partial charge in [-0.25, -0.2) is 9.78 Å². The summed E-state index contributed by atoms with van der Waals surface area (Å²) in [7, 11) is 0. The van der Waals surface area contributed by atoms with Crippen molar-refractivity contribution in [3.8, 4) is 5.88 Å². The molecule has 3 rings (SSSR count). The highest BCUT2D eigenvalue weighted by Gasteiger charge is 2.34. The van der Waals surface area contributed by atoms with E-state index in [1.807, 2.05) is 6.07 Å². The molecule has 0 unspecified atom stereocenters. The lowest BCUT2D eigenvalue weighted by atomic mass is 9.98. The molecule has 10 heteroatoms. The van der Waals surface area contributed by atoms with E-state index in [0.29, 0.717) is 5.88 Å². The maximum Gasteiger partial charge on any atom is 0.397 e. The van der Waals surface area contributed by atoms with Gasteiger partial charge in [-0.3, -0.25) is 4.79 Å². The Balaban J connectivity index is 1.42. The number of rotatable bonds is 5. The molecule has 2 heterocycles. The van der Waals surface area contributed by atoms with Crippen LogP contribution in [0.3, 0.4) is 0 Å². The molecule has 1 aromatic rings. The summed E-state index contributed by atoms with van der Waals surface area (Å²) in [6.45, 7) is 0.868. The number of halogens is 3. The van der Waals surface area contributed by atoms with Gasteiger partial charge >= 0.3 is 12.2 Å². The van der Waals surface area contributed by atoms with Crippen LogP contribution in [-0.4, -0.2) is 65.2 Å². The summed E-state index contributed by atoms with van der Waals surface area (Å²) in [6, 6.07) is 3.29. The minimum atomic E-state index is -4.52. The Hall–Kier alpha value is -2.52. The van der Waals surface area contributed by atoms with Crippen LogP contribution in [0.4, 0.5) is 18.0 Å². The maximum absolute atomic E-state index is 12.4. The number of hydrogen-bond donors (Lipinski definition) is 1. The van der Waals surface area contributed by atoms with E-state index in [9.17, 15) is 22.8 Å². The van der Waals surface area contributed by atoms with Crippen LogP contribution in [0.1, 0.15) is 44.1 Å². The fourth-order valence-electron chi connectivity index (χ4n) is 3.71. The molecule has 1 saturated carbocycles. The topological polar surface area (TPSA) is 74.8 Å². The van der Waals surface area contributed by atoms with Gasteiger partial charge in [-0.2, -0.15) is 13.2 Å². The fraction of sp³-hybridized carbons (Fsp3) is 0.650. The molecule has 0 spiro atoms. The van der Waals surface area contributed by atoms with Crippen molar-refractivity contribution >= 4 is 11.9 Å². The van der Waals surface area contributed by atoms with E-state index in [-0.39, 0.29) is 44.9 Å². The normalized spacial score (nSPS) is 18.2. The predicted octanol–water partition coefficient (Wildman–Crippen LogP) is 3.10. The van der Waals surface area contributed by atoms with E-state index in [2.05, 4.69) is 10.3 Å². The van der Waals surface area contributed by atoms with E-state index in [4.69, 9.17) is 4.74 Å². The van der Waals surface area contributed by atoms with Crippen molar-refractivity contribution in [2.45, 2.75) is 57.3 Å². The molecule has 1 N–H and O–H groups in total. The molecular weight excluding hydrogens is 401 g/mol. The molecule has 2 fully saturated rings. The third-order valence-corrected chi connectivity index (χ3v) is 5.35. The molecule has 166 valence electrons. The Morgan fingerprint density at radius 1 is 1.10 bits per heavy atom. The lowest BCUT2D eigenvalue weighted by Gasteiger charge is -2.34. The largest absolute Gasteiger partial charge is 0.474 e. The second-order valence-electron chi connectivity index (χ2n) is 7.70. The quantitative estimate of drug-likeness (QED) is 0.782. The van der Waals surface area contributed by atoms with Gasteiger partial charge in [-0.05, 0) is 37.3 Å². The van der Waals surface area contributed by atoms with Crippen molar-refractivity contribution in [1.29, 1.82) is 0 Å². The third kappa shape index (κ3) is 6.77. The van der Waals surface area contributed by atoms with Crippen molar-refractivity contribution in [2.75, 3.05) is 26.2 Å². The number of pyridine rings is 1. The number of carbonyl (C=O) groups is 2. The fourth-order valence-corrected chi connectivity index (χ4v) is 3.71. The van der Waals surface area contributed by atoms with E-state index >= 15 is 0 Å². The Morgan fingerprint density at radius 3 is 2.43 bits per heavy atom. The van der Waals surface area contributed by atoms with E-state index in [0.717, 1.165) is 36.1 Å². The SMILES string of the molecule is O=C(CC(F)(F)F)N1CCN(C(=O)NCc2ccnc(OC3CCCCC3)c2)CC1. The van der Waals surface area contributed by atoms with Gasteiger partial charge < -0.3 is 19.9 Å². The van der Waals surface area contributed by atoms with Crippen LogP contribution in [0.5, 0.6) is 5.88 Å². The van der Waals surface area contributed by atoms with Crippen molar-refractivity contribution in [1.82, 2.24) is 20.1 Å². The minimum absolute atomic E-state index is 0.0942. The number of nitrogens with zero attached hydrogens (tertiary/aromatic N) is 3. The molecule has 1 aliphatic carbocycles. The van der Waals surface area contributed by atoms with E-state index in [1.54, 1.807) is 12.3 Å². The number of urea groups is 1. The van der Waals surface area contributed by atoms with Gasteiger partial charge in [-0.1, -0.05) is 6.42 Å². The number of carbonyl (C=O) groups excluding carboxylic acids is 2. The molecular formula is C20H27F3N4O3. The third-order valence-electron chi connectivity index (χ3n) is 5.35. The molecule has 0 bridgehead atoms. The second kappa shape index (κ2) is 9.99. The van der Waals surface area contributed by atoms with Gasteiger partial charge in [0.1, 0.15) is 12.5 Å². The van der Waals surface area contributed by atoms with Crippen LogP contribution in [0.25, 0.3) is 0 Å². The van der Waals surface area contributed by atoms with Crippen LogP contribution >= 0.6 is 0 Å². The summed E-state index contributed by atoms with van der Waals surface area (Å²) in [5, 5.41) is 2.80. The molecule has 0 radical (unpaired) electrons. The van der Waals surface area contributed by atoms with Gasteiger partial charge in [0.05, 0.1) is 0 Å². The highest BCUT2D eigenvalue weighted by Crippen LogP contribution is 2.23. The molecule has 3 amide bonds. The summed E-state index contributed by atoms with van der Waals surface area (Å²) in [5.41, 5.74) is 0.850.